The fourth-order valence-electron chi connectivity index (χ4n) is 4.68. The zero-order valence-electron chi connectivity index (χ0n) is 15.5. The molecule has 0 spiro atoms. The molecule has 2 saturated carbocycles. The van der Waals surface area contributed by atoms with Crippen molar-refractivity contribution in [1.29, 1.82) is 0 Å². The van der Waals surface area contributed by atoms with Crippen LogP contribution in [0.2, 0.25) is 0 Å². The Balaban J connectivity index is 1.25. The lowest BCUT2D eigenvalue weighted by Crippen LogP contribution is -1.99. The molecule has 0 amide bonds. The average Bonchev–Trinajstić information content (AvgIpc) is 3.05. The van der Waals surface area contributed by atoms with E-state index in [4.69, 9.17) is 9.47 Å². The predicted octanol–water partition coefficient (Wildman–Crippen LogP) is 5.50. The Morgan fingerprint density at radius 3 is 2.33 bits per heavy atom. The van der Waals surface area contributed by atoms with Gasteiger partial charge in [-0.1, -0.05) is 25.5 Å². The maximum Gasteiger partial charge on any atom is 0.119 e. The van der Waals surface area contributed by atoms with Crippen LogP contribution in [0.5, 0.6) is 5.75 Å². The van der Waals surface area contributed by atoms with Crippen LogP contribution in [0.4, 0.5) is 0 Å². The lowest BCUT2D eigenvalue weighted by Gasteiger charge is -2.09. The number of ether oxygens (including phenoxy) is 2. The maximum absolute atomic E-state index is 5.77. The first-order chi connectivity index (χ1) is 11.8. The van der Waals surface area contributed by atoms with Crippen molar-refractivity contribution in [3.05, 3.63) is 29.8 Å². The molecule has 0 radical (unpaired) electrons. The van der Waals surface area contributed by atoms with E-state index >= 15 is 0 Å². The number of hydrogen-bond acceptors (Lipinski definition) is 2. The van der Waals surface area contributed by atoms with Gasteiger partial charge in [0.25, 0.3) is 0 Å². The second-order valence-corrected chi connectivity index (χ2v) is 8.01. The van der Waals surface area contributed by atoms with Crippen LogP contribution in [0.15, 0.2) is 24.3 Å². The number of benzene rings is 1. The van der Waals surface area contributed by atoms with E-state index in [9.17, 15) is 0 Å². The first kappa shape index (κ1) is 17.8. The van der Waals surface area contributed by atoms with Gasteiger partial charge in [-0.2, -0.15) is 0 Å². The first-order valence-electron chi connectivity index (χ1n) is 9.98. The van der Waals surface area contributed by atoms with Crippen LogP contribution in [-0.2, 0) is 11.2 Å². The van der Waals surface area contributed by atoms with Crippen molar-refractivity contribution in [2.75, 3.05) is 20.3 Å². The van der Waals surface area contributed by atoms with Crippen molar-refractivity contribution in [2.24, 2.45) is 23.7 Å². The molecule has 2 heteroatoms. The topological polar surface area (TPSA) is 18.5 Å². The molecule has 24 heavy (non-hydrogen) atoms. The molecule has 0 heterocycles. The van der Waals surface area contributed by atoms with Gasteiger partial charge in [0.2, 0.25) is 0 Å². The van der Waals surface area contributed by atoms with E-state index in [0.717, 1.165) is 55.5 Å². The Morgan fingerprint density at radius 2 is 1.62 bits per heavy atom. The van der Waals surface area contributed by atoms with Crippen LogP contribution in [-0.4, -0.2) is 20.3 Å². The summed E-state index contributed by atoms with van der Waals surface area (Å²) in [5, 5.41) is 0. The molecule has 0 N–H and O–H groups in total. The van der Waals surface area contributed by atoms with Crippen LogP contribution in [0.1, 0.15) is 57.4 Å². The molecule has 2 nitrogen and oxygen atoms in total. The van der Waals surface area contributed by atoms with E-state index in [0.29, 0.717) is 0 Å². The lowest BCUT2D eigenvalue weighted by molar-refractivity contribution is 0.184. The van der Waals surface area contributed by atoms with Crippen LogP contribution < -0.4 is 4.74 Å². The highest BCUT2D eigenvalue weighted by Crippen LogP contribution is 2.61. The summed E-state index contributed by atoms with van der Waals surface area (Å²) in [4.78, 5) is 0. The van der Waals surface area contributed by atoms with E-state index in [1.54, 1.807) is 7.11 Å². The molecule has 2 aliphatic carbocycles. The van der Waals surface area contributed by atoms with E-state index in [2.05, 4.69) is 31.2 Å². The molecule has 1 aromatic rings. The molecule has 134 valence electrons. The van der Waals surface area contributed by atoms with Gasteiger partial charge in [0, 0.05) is 13.7 Å². The molecular weight excluding hydrogens is 296 g/mol. The highest BCUT2D eigenvalue weighted by atomic mass is 16.5. The second kappa shape index (κ2) is 8.89. The van der Waals surface area contributed by atoms with Gasteiger partial charge in [-0.25, -0.2) is 0 Å². The third kappa shape index (κ3) is 4.99. The van der Waals surface area contributed by atoms with Gasteiger partial charge in [0.15, 0.2) is 0 Å². The quantitative estimate of drug-likeness (QED) is 0.499. The monoisotopic (exact) mass is 330 g/mol. The Bertz CT molecular complexity index is 469. The number of rotatable bonds is 11. The lowest BCUT2D eigenvalue weighted by atomic mass is 9.98. The minimum Gasteiger partial charge on any atom is -0.494 e. The number of fused-ring (bicyclic) bond motifs is 1. The molecule has 2 atom stereocenters. The number of methoxy groups -OCH3 is 1. The van der Waals surface area contributed by atoms with Crippen molar-refractivity contribution in [1.82, 2.24) is 0 Å². The van der Waals surface area contributed by atoms with Gasteiger partial charge >= 0.3 is 0 Å². The Hall–Kier alpha value is -1.02. The standard InChI is InChI=1S/C22H34O2/c1-17-15-21-20(22(21)16-17)8-4-3-7-18-9-11-19(12-10-18)24-14-6-5-13-23-2/h9-12,17,20-22H,3-8,13-16H2,1-2H3. The summed E-state index contributed by atoms with van der Waals surface area (Å²) in [5.41, 5.74) is 1.45. The van der Waals surface area contributed by atoms with Gasteiger partial charge in [0.05, 0.1) is 6.61 Å². The summed E-state index contributed by atoms with van der Waals surface area (Å²) < 4.78 is 10.8. The Labute approximate surface area is 147 Å². The smallest absolute Gasteiger partial charge is 0.119 e. The number of unbranched alkanes of at least 4 members (excludes halogenated alkanes) is 2. The third-order valence-electron chi connectivity index (χ3n) is 6.05. The molecule has 0 aromatic heterocycles. The Kier molecular flexibility index (Phi) is 6.59. The van der Waals surface area contributed by atoms with Crippen molar-refractivity contribution in [2.45, 2.75) is 58.3 Å². The zero-order chi connectivity index (χ0) is 16.8. The van der Waals surface area contributed by atoms with Crippen molar-refractivity contribution in [3.63, 3.8) is 0 Å². The molecule has 2 aliphatic rings. The van der Waals surface area contributed by atoms with Gasteiger partial charge in [-0.3, -0.25) is 0 Å². The Morgan fingerprint density at radius 1 is 0.917 bits per heavy atom. The van der Waals surface area contributed by atoms with Crippen molar-refractivity contribution in [3.8, 4) is 5.75 Å². The minimum atomic E-state index is 0.783. The summed E-state index contributed by atoms with van der Waals surface area (Å²) in [6.07, 6.45) is 10.6. The highest BCUT2D eigenvalue weighted by Gasteiger charge is 2.53. The second-order valence-electron chi connectivity index (χ2n) is 8.01. The average molecular weight is 331 g/mol. The van der Waals surface area contributed by atoms with Gasteiger partial charge in [0.1, 0.15) is 5.75 Å². The molecule has 2 unspecified atom stereocenters. The number of hydrogen-bond donors (Lipinski definition) is 0. The SMILES string of the molecule is COCCCCOc1ccc(CCCCC2C3CC(C)CC23)cc1. The summed E-state index contributed by atoms with van der Waals surface area (Å²) in [7, 11) is 1.75. The predicted molar refractivity (Wildman–Crippen MR) is 99.5 cm³/mol. The van der Waals surface area contributed by atoms with Crippen LogP contribution in [0, 0.1) is 23.7 Å². The molecule has 2 fully saturated rings. The summed E-state index contributed by atoms with van der Waals surface area (Å²) in [6, 6.07) is 8.71. The van der Waals surface area contributed by atoms with Crippen LogP contribution in [0.25, 0.3) is 0 Å². The fourth-order valence-corrected chi connectivity index (χ4v) is 4.68. The van der Waals surface area contributed by atoms with Crippen molar-refractivity contribution >= 4 is 0 Å². The normalized spacial score (nSPS) is 27.9. The van der Waals surface area contributed by atoms with Crippen LogP contribution >= 0.6 is 0 Å². The van der Waals surface area contributed by atoms with E-state index in [1.165, 1.54) is 44.1 Å². The molecule has 0 saturated heterocycles. The van der Waals surface area contributed by atoms with E-state index in [1.807, 2.05) is 0 Å². The fraction of sp³-hybridized carbons (Fsp3) is 0.727. The minimum absolute atomic E-state index is 0.783. The molecular formula is C22H34O2. The highest BCUT2D eigenvalue weighted by molar-refractivity contribution is 5.27. The first-order valence-corrected chi connectivity index (χ1v) is 9.98. The van der Waals surface area contributed by atoms with Gasteiger partial charge in [-0.05, 0) is 86.3 Å². The number of aryl methyl sites for hydroxylation is 1. The molecule has 0 bridgehead atoms. The molecule has 3 rings (SSSR count). The molecule has 1 aromatic carbocycles. The van der Waals surface area contributed by atoms with Gasteiger partial charge in [-0.15, -0.1) is 0 Å². The summed E-state index contributed by atoms with van der Waals surface area (Å²) in [5.74, 6) is 5.32. The zero-order valence-corrected chi connectivity index (χ0v) is 15.5. The maximum atomic E-state index is 5.77. The van der Waals surface area contributed by atoms with E-state index in [-0.39, 0.29) is 0 Å². The van der Waals surface area contributed by atoms with E-state index < -0.39 is 0 Å². The molecule has 0 aliphatic heterocycles. The third-order valence-corrected chi connectivity index (χ3v) is 6.05. The van der Waals surface area contributed by atoms with Crippen molar-refractivity contribution < 1.29 is 9.47 Å². The van der Waals surface area contributed by atoms with Gasteiger partial charge < -0.3 is 9.47 Å². The largest absolute Gasteiger partial charge is 0.494 e. The summed E-state index contributed by atoms with van der Waals surface area (Å²) >= 11 is 0. The van der Waals surface area contributed by atoms with Crippen LogP contribution in [0.3, 0.4) is 0 Å². The summed E-state index contributed by atoms with van der Waals surface area (Å²) in [6.45, 7) is 4.03.